The lowest BCUT2D eigenvalue weighted by molar-refractivity contribution is -0.128. The summed E-state index contributed by atoms with van der Waals surface area (Å²) in [5, 5.41) is 5.33. The van der Waals surface area contributed by atoms with Crippen LogP contribution in [0.15, 0.2) is 6.07 Å². The first-order valence-electron chi connectivity index (χ1n) is 6.73. The third kappa shape index (κ3) is 3.34. The van der Waals surface area contributed by atoms with Crippen LogP contribution in [-0.4, -0.2) is 42.0 Å². The second-order valence-corrected chi connectivity index (χ2v) is 4.62. The van der Waals surface area contributed by atoms with Gasteiger partial charge in [-0.25, -0.2) is 13.8 Å². The Morgan fingerprint density at radius 2 is 1.85 bits per heavy atom. The fourth-order valence-corrected chi connectivity index (χ4v) is 2.12. The van der Waals surface area contributed by atoms with Gasteiger partial charge >= 0.3 is 0 Å². The Morgan fingerprint density at radius 1 is 1.25 bits per heavy atom. The van der Waals surface area contributed by atoms with E-state index in [9.17, 15) is 13.6 Å². The van der Waals surface area contributed by atoms with Gasteiger partial charge < -0.3 is 15.5 Å². The van der Waals surface area contributed by atoms with Crippen LogP contribution < -0.4 is 10.6 Å². The maximum Gasteiger partial charge on any atom is 0.241 e. The molecule has 0 spiro atoms. The molecular weight excluding hydrogens is 266 g/mol. The SMILES string of the molecule is CCNc1nc(NCC(=O)N2CCCC2)c(F)cc1F. The number of nitrogens with one attached hydrogen (secondary N) is 2. The van der Waals surface area contributed by atoms with E-state index in [0.717, 1.165) is 32.0 Å². The monoisotopic (exact) mass is 284 g/mol. The highest BCUT2D eigenvalue weighted by molar-refractivity contribution is 5.80. The zero-order valence-corrected chi connectivity index (χ0v) is 11.4. The van der Waals surface area contributed by atoms with E-state index in [-0.39, 0.29) is 24.1 Å². The minimum Gasteiger partial charge on any atom is -0.368 e. The maximum atomic E-state index is 13.6. The first-order chi connectivity index (χ1) is 9.61. The van der Waals surface area contributed by atoms with Crippen LogP contribution in [0.25, 0.3) is 0 Å². The molecule has 1 fully saturated rings. The van der Waals surface area contributed by atoms with E-state index < -0.39 is 11.6 Å². The van der Waals surface area contributed by atoms with Gasteiger partial charge in [-0.15, -0.1) is 0 Å². The number of aromatic nitrogens is 1. The lowest BCUT2D eigenvalue weighted by atomic mass is 10.4. The first-order valence-corrected chi connectivity index (χ1v) is 6.73. The van der Waals surface area contributed by atoms with Crippen molar-refractivity contribution >= 4 is 17.5 Å². The third-order valence-electron chi connectivity index (χ3n) is 3.14. The summed E-state index contributed by atoms with van der Waals surface area (Å²) in [4.78, 5) is 17.4. The molecule has 2 heterocycles. The Labute approximate surface area is 116 Å². The molecule has 0 aliphatic carbocycles. The fourth-order valence-electron chi connectivity index (χ4n) is 2.12. The molecule has 7 heteroatoms. The van der Waals surface area contributed by atoms with E-state index in [4.69, 9.17) is 0 Å². The molecule has 1 amide bonds. The number of amides is 1. The predicted molar refractivity (Wildman–Crippen MR) is 72.6 cm³/mol. The van der Waals surface area contributed by atoms with Crippen molar-refractivity contribution in [2.75, 3.05) is 36.8 Å². The minimum atomic E-state index is -0.807. The second-order valence-electron chi connectivity index (χ2n) is 4.62. The molecule has 1 saturated heterocycles. The normalized spacial score (nSPS) is 14.4. The number of hydrogen-bond acceptors (Lipinski definition) is 4. The molecule has 0 unspecified atom stereocenters. The smallest absolute Gasteiger partial charge is 0.241 e. The van der Waals surface area contributed by atoms with Crippen LogP contribution in [0.3, 0.4) is 0 Å². The van der Waals surface area contributed by atoms with Crippen molar-refractivity contribution in [3.63, 3.8) is 0 Å². The number of likely N-dealkylation sites (tertiary alicyclic amines) is 1. The molecule has 2 N–H and O–H groups in total. The second kappa shape index (κ2) is 6.49. The predicted octanol–water partition coefficient (Wildman–Crippen LogP) is 1.83. The molecule has 2 rings (SSSR count). The molecular formula is C13H18F2N4O. The average Bonchev–Trinajstić information content (AvgIpc) is 2.94. The third-order valence-corrected chi connectivity index (χ3v) is 3.14. The van der Waals surface area contributed by atoms with Crippen LogP contribution in [0.2, 0.25) is 0 Å². The van der Waals surface area contributed by atoms with Crippen molar-refractivity contribution in [3.05, 3.63) is 17.7 Å². The molecule has 0 aromatic carbocycles. The average molecular weight is 284 g/mol. The molecule has 0 atom stereocenters. The quantitative estimate of drug-likeness (QED) is 0.866. The molecule has 1 aromatic heterocycles. The van der Waals surface area contributed by atoms with Gasteiger partial charge in [-0.1, -0.05) is 0 Å². The maximum absolute atomic E-state index is 13.6. The molecule has 1 aliphatic rings. The summed E-state index contributed by atoms with van der Waals surface area (Å²) in [5.41, 5.74) is 0. The van der Waals surface area contributed by atoms with E-state index in [1.54, 1.807) is 11.8 Å². The van der Waals surface area contributed by atoms with Gasteiger partial charge in [0.05, 0.1) is 6.54 Å². The zero-order chi connectivity index (χ0) is 14.5. The number of carbonyl (C=O) groups is 1. The summed E-state index contributed by atoms with van der Waals surface area (Å²) in [6, 6.07) is 0.758. The van der Waals surface area contributed by atoms with Crippen molar-refractivity contribution in [3.8, 4) is 0 Å². The van der Waals surface area contributed by atoms with Gasteiger partial charge in [0.1, 0.15) is 0 Å². The summed E-state index contributed by atoms with van der Waals surface area (Å²) in [6.45, 7) is 3.70. The Kier molecular flexibility index (Phi) is 4.70. The number of halogens is 2. The Balaban J connectivity index is 2.01. The van der Waals surface area contributed by atoms with Crippen molar-refractivity contribution in [1.82, 2.24) is 9.88 Å². The largest absolute Gasteiger partial charge is 0.368 e. The molecule has 0 radical (unpaired) electrons. The van der Waals surface area contributed by atoms with Gasteiger partial charge in [-0.2, -0.15) is 0 Å². The van der Waals surface area contributed by atoms with Gasteiger partial charge in [-0.3, -0.25) is 4.79 Å². The van der Waals surface area contributed by atoms with E-state index in [1.807, 2.05) is 0 Å². The van der Waals surface area contributed by atoms with Gasteiger partial charge in [0, 0.05) is 25.7 Å². The molecule has 5 nitrogen and oxygen atoms in total. The summed E-state index contributed by atoms with van der Waals surface area (Å²) in [7, 11) is 0. The number of anilines is 2. The van der Waals surface area contributed by atoms with Crippen LogP contribution in [0.1, 0.15) is 19.8 Å². The highest BCUT2D eigenvalue weighted by Crippen LogP contribution is 2.19. The van der Waals surface area contributed by atoms with Crippen molar-refractivity contribution in [2.24, 2.45) is 0 Å². The van der Waals surface area contributed by atoms with Crippen LogP contribution >= 0.6 is 0 Å². The molecule has 1 aliphatic heterocycles. The fraction of sp³-hybridized carbons (Fsp3) is 0.538. The number of pyridine rings is 1. The Hall–Kier alpha value is -1.92. The molecule has 0 saturated carbocycles. The van der Waals surface area contributed by atoms with Crippen molar-refractivity contribution in [1.29, 1.82) is 0 Å². The summed E-state index contributed by atoms with van der Waals surface area (Å²) < 4.78 is 27.0. The van der Waals surface area contributed by atoms with E-state index in [2.05, 4.69) is 15.6 Å². The number of hydrogen-bond donors (Lipinski definition) is 2. The highest BCUT2D eigenvalue weighted by atomic mass is 19.1. The topological polar surface area (TPSA) is 57.3 Å². The van der Waals surface area contributed by atoms with Gasteiger partial charge in [0.15, 0.2) is 23.3 Å². The van der Waals surface area contributed by atoms with E-state index in [1.165, 1.54) is 0 Å². The lowest BCUT2D eigenvalue weighted by Crippen LogP contribution is -2.33. The highest BCUT2D eigenvalue weighted by Gasteiger charge is 2.18. The Bertz CT molecular complexity index is 490. The van der Waals surface area contributed by atoms with Gasteiger partial charge in [0.2, 0.25) is 5.91 Å². The summed E-state index contributed by atoms with van der Waals surface area (Å²) in [5.74, 6) is -1.79. The van der Waals surface area contributed by atoms with Gasteiger partial charge in [0.25, 0.3) is 0 Å². The molecule has 0 bridgehead atoms. The van der Waals surface area contributed by atoms with Crippen LogP contribution in [0, 0.1) is 11.6 Å². The molecule has 20 heavy (non-hydrogen) atoms. The van der Waals surface area contributed by atoms with Crippen LogP contribution in [-0.2, 0) is 4.79 Å². The minimum absolute atomic E-state index is 0.0231. The molecule has 110 valence electrons. The number of nitrogens with zero attached hydrogens (tertiary/aromatic N) is 2. The Morgan fingerprint density at radius 3 is 2.45 bits per heavy atom. The van der Waals surface area contributed by atoms with E-state index in [0.29, 0.717) is 6.54 Å². The van der Waals surface area contributed by atoms with Crippen LogP contribution in [0.5, 0.6) is 0 Å². The van der Waals surface area contributed by atoms with Gasteiger partial charge in [-0.05, 0) is 19.8 Å². The van der Waals surface area contributed by atoms with Crippen molar-refractivity contribution < 1.29 is 13.6 Å². The lowest BCUT2D eigenvalue weighted by Gasteiger charge is -2.16. The van der Waals surface area contributed by atoms with E-state index >= 15 is 0 Å². The molecule has 1 aromatic rings. The number of carbonyl (C=O) groups excluding carboxylic acids is 1. The summed E-state index contributed by atoms with van der Waals surface area (Å²) in [6.07, 6.45) is 2.00. The van der Waals surface area contributed by atoms with Crippen molar-refractivity contribution in [2.45, 2.75) is 19.8 Å². The zero-order valence-electron chi connectivity index (χ0n) is 11.4. The first kappa shape index (κ1) is 14.5. The summed E-state index contributed by atoms with van der Waals surface area (Å²) >= 11 is 0. The standard InChI is InChI=1S/C13H18F2N4O/c1-2-16-12-9(14)7-10(15)13(18-12)17-8-11(20)19-5-3-4-6-19/h7H,2-6,8H2,1H3,(H2,16,17,18). The number of rotatable bonds is 5. The van der Waals surface area contributed by atoms with Crippen LogP contribution in [0.4, 0.5) is 20.4 Å².